The van der Waals surface area contributed by atoms with E-state index in [-0.39, 0.29) is 30.3 Å². The van der Waals surface area contributed by atoms with Crippen LogP contribution in [0.4, 0.5) is 13.2 Å². The van der Waals surface area contributed by atoms with E-state index in [9.17, 15) is 33.0 Å². The molecule has 0 amide bonds. The number of hydrogen-bond acceptors (Lipinski definition) is 4. The summed E-state index contributed by atoms with van der Waals surface area (Å²) in [5.74, 6) is -8.58. The molecule has 2 N–H and O–H groups in total. The molecule has 0 aromatic heterocycles. The molecular formula is C22H26ClF3N2O4. The SMILES string of the molecule is CC1=C(C(=O)O)C(c2cc(F)c(C)c(F)c2F)C(C(=O)O)=C(CN2CCCCC2)N1C.Cl. The molecule has 10 heteroatoms. The largest absolute Gasteiger partial charge is 0.478 e. The number of nitrogens with zero attached hydrogens (tertiary/aromatic N) is 2. The Balaban J connectivity index is 0.00000363. The highest BCUT2D eigenvalue weighted by molar-refractivity contribution is 5.98. The average molecular weight is 475 g/mol. The minimum atomic E-state index is -1.66. The fourth-order valence-corrected chi connectivity index (χ4v) is 4.35. The number of halogens is 4. The van der Waals surface area contributed by atoms with Gasteiger partial charge in [0.2, 0.25) is 0 Å². The minimum Gasteiger partial charge on any atom is -0.478 e. The summed E-state index contributed by atoms with van der Waals surface area (Å²) >= 11 is 0. The Kier molecular flexibility index (Phi) is 8.01. The topological polar surface area (TPSA) is 81.1 Å². The average Bonchev–Trinajstić information content (AvgIpc) is 2.72. The molecule has 0 saturated carbocycles. The van der Waals surface area contributed by atoms with Crippen molar-refractivity contribution in [1.29, 1.82) is 0 Å². The second-order valence-electron chi connectivity index (χ2n) is 8.00. The summed E-state index contributed by atoms with van der Waals surface area (Å²) in [6.07, 6.45) is 2.96. The summed E-state index contributed by atoms with van der Waals surface area (Å²) < 4.78 is 43.6. The maximum atomic E-state index is 14.9. The lowest BCUT2D eigenvalue weighted by molar-refractivity contribution is -0.133. The van der Waals surface area contributed by atoms with Gasteiger partial charge in [-0.25, -0.2) is 22.8 Å². The number of hydrogen-bond donors (Lipinski definition) is 2. The molecule has 1 aromatic carbocycles. The molecule has 2 heterocycles. The number of allylic oxidation sites excluding steroid dienone is 1. The predicted molar refractivity (Wildman–Crippen MR) is 114 cm³/mol. The van der Waals surface area contributed by atoms with Crippen LogP contribution >= 0.6 is 12.4 Å². The van der Waals surface area contributed by atoms with Crippen molar-refractivity contribution in [3.63, 3.8) is 0 Å². The van der Waals surface area contributed by atoms with Gasteiger partial charge in [0.1, 0.15) is 5.82 Å². The van der Waals surface area contributed by atoms with E-state index in [4.69, 9.17) is 0 Å². The number of benzene rings is 1. The summed E-state index contributed by atoms with van der Waals surface area (Å²) in [5.41, 5.74) is -1.54. The van der Waals surface area contributed by atoms with E-state index in [1.807, 2.05) is 4.90 Å². The highest BCUT2D eigenvalue weighted by Gasteiger charge is 2.42. The lowest BCUT2D eigenvalue weighted by Gasteiger charge is -2.38. The van der Waals surface area contributed by atoms with Gasteiger partial charge in [-0.1, -0.05) is 6.42 Å². The molecule has 2 aliphatic heterocycles. The summed E-state index contributed by atoms with van der Waals surface area (Å²) in [5, 5.41) is 19.9. The fourth-order valence-electron chi connectivity index (χ4n) is 4.35. The summed E-state index contributed by atoms with van der Waals surface area (Å²) in [7, 11) is 1.55. The van der Waals surface area contributed by atoms with Crippen molar-refractivity contribution in [3.05, 3.63) is 57.2 Å². The smallest absolute Gasteiger partial charge is 0.334 e. The molecule has 1 fully saturated rings. The number of carbonyl (C=O) groups is 2. The molecule has 6 nitrogen and oxygen atoms in total. The highest BCUT2D eigenvalue weighted by atomic mass is 35.5. The van der Waals surface area contributed by atoms with Gasteiger partial charge in [0.25, 0.3) is 0 Å². The molecule has 1 aromatic rings. The highest BCUT2D eigenvalue weighted by Crippen LogP contribution is 2.43. The van der Waals surface area contributed by atoms with Crippen LogP contribution in [0, 0.1) is 24.4 Å². The van der Waals surface area contributed by atoms with Crippen molar-refractivity contribution >= 4 is 24.3 Å². The molecule has 1 atom stereocenters. The van der Waals surface area contributed by atoms with E-state index in [2.05, 4.69) is 0 Å². The minimum absolute atomic E-state index is 0. The second-order valence-corrected chi connectivity index (χ2v) is 8.00. The van der Waals surface area contributed by atoms with E-state index < -0.39 is 57.6 Å². The van der Waals surface area contributed by atoms with E-state index in [1.165, 1.54) is 11.8 Å². The van der Waals surface area contributed by atoms with Crippen LogP contribution in [-0.2, 0) is 9.59 Å². The lowest BCUT2D eigenvalue weighted by atomic mass is 9.79. The fraction of sp³-hybridized carbons (Fsp3) is 0.455. The lowest BCUT2D eigenvalue weighted by Crippen LogP contribution is -2.40. The first-order valence-corrected chi connectivity index (χ1v) is 10.1. The molecule has 2 aliphatic rings. The van der Waals surface area contributed by atoms with Crippen LogP contribution in [0.25, 0.3) is 0 Å². The van der Waals surface area contributed by atoms with Crippen molar-refractivity contribution in [1.82, 2.24) is 9.80 Å². The van der Waals surface area contributed by atoms with Crippen molar-refractivity contribution in [2.75, 3.05) is 26.7 Å². The van der Waals surface area contributed by atoms with E-state index in [0.29, 0.717) is 6.07 Å². The number of rotatable bonds is 5. The van der Waals surface area contributed by atoms with E-state index >= 15 is 0 Å². The van der Waals surface area contributed by atoms with E-state index in [1.54, 1.807) is 7.05 Å². The van der Waals surface area contributed by atoms with Gasteiger partial charge in [-0.3, -0.25) is 4.90 Å². The zero-order chi connectivity index (χ0) is 23.0. The Bertz CT molecular complexity index is 1000. The zero-order valence-electron chi connectivity index (χ0n) is 18.0. The monoisotopic (exact) mass is 474 g/mol. The van der Waals surface area contributed by atoms with Gasteiger partial charge in [0, 0.05) is 36.1 Å². The van der Waals surface area contributed by atoms with Gasteiger partial charge in [0.15, 0.2) is 11.6 Å². The van der Waals surface area contributed by atoms with Gasteiger partial charge in [0.05, 0.1) is 17.1 Å². The molecule has 0 aliphatic carbocycles. The van der Waals surface area contributed by atoms with Crippen molar-refractivity contribution in [2.45, 2.75) is 39.0 Å². The first-order chi connectivity index (χ1) is 14.6. The van der Waals surface area contributed by atoms with Crippen LogP contribution in [0.1, 0.15) is 43.2 Å². The van der Waals surface area contributed by atoms with Crippen LogP contribution in [-0.4, -0.2) is 58.6 Å². The molecule has 32 heavy (non-hydrogen) atoms. The number of piperidine rings is 1. The maximum Gasteiger partial charge on any atom is 0.334 e. The number of likely N-dealkylation sites (tertiary alicyclic amines) is 1. The van der Waals surface area contributed by atoms with E-state index in [0.717, 1.165) is 39.3 Å². The number of carboxylic acids is 2. The second kappa shape index (κ2) is 9.95. The van der Waals surface area contributed by atoms with Crippen LogP contribution in [0.5, 0.6) is 0 Å². The predicted octanol–water partition coefficient (Wildman–Crippen LogP) is 4.05. The first-order valence-electron chi connectivity index (χ1n) is 10.1. The first kappa shape index (κ1) is 25.7. The van der Waals surface area contributed by atoms with Crippen LogP contribution in [0.15, 0.2) is 28.6 Å². The Hall–Kier alpha value is -2.52. The molecular weight excluding hydrogens is 449 g/mol. The van der Waals surface area contributed by atoms with Gasteiger partial charge in [-0.05, 0) is 45.8 Å². The molecule has 3 rings (SSSR count). The van der Waals surface area contributed by atoms with Crippen LogP contribution in [0.2, 0.25) is 0 Å². The van der Waals surface area contributed by atoms with Crippen LogP contribution < -0.4 is 0 Å². The third-order valence-electron chi connectivity index (χ3n) is 6.20. The molecule has 0 bridgehead atoms. The quantitative estimate of drug-likeness (QED) is 0.627. The molecule has 176 valence electrons. The molecule has 1 saturated heterocycles. The molecule has 0 spiro atoms. The Labute approximate surface area is 190 Å². The zero-order valence-corrected chi connectivity index (χ0v) is 18.9. The van der Waals surface area contributed by atoms with Crippen molar-refractivity contribution in [2.24, 2.45) is 0 Å². The standard InChI is InChI=1S/C22H25F3N2O4.ClH/c1-11-14(23)9-13(20(25)19(11)24)17-16(21(28)29)12(2)26(3)15(18(17)22(30)31)10-27-7-5-4-6-8-27;/h9,17H,4-8,10H2,1-3H3,(H,28,29)(H,30,31);1H. The summed E-state index contributed by atoms with van der Waals surface area (Å²) in [6.45, 7) is 4.22. The van der Waals surface area contributed by atoms with Gasteiger partial charge >= 0.3 is 11.9 Å². The number of carboxylic acid groups (broad SMARTS) is 2. The summed E-state index contributed by atoms with van der Waals surface area (Å²) in [6, 6.07) is 0.696. The van der Waals surface area contributed by atoms with Crippen LogP contribution in [0.3, 0.4) is 0 Å². The Morgan fingerprint density at radius 1 is 1.00 bits per heavy atom. The van der Waals surface area contributed by atoms with Crippen molar-refractivity contribution in [3.8, 4) is 0 Å². The third kappa shape index (κ3) is 4.49. The van der Waals surface area contributed by atoms with Crippen molar-refractivity contribution < 1.29 is 33.0 Å². The Morgan fingerprint density at radius 2 is 1.56 bits per heavy atom. The Morgan fingerprint density at radius 3 is 2.09 bits per heavy atom. The van der Waals surface area contributed by atoms with Gasteiger partial charge < -0.3 is 15.1 Å². The summed E-state index contributed by atoms with van der Waals surface area (Å²) in [4.78, 5) is 27.9. The maximum absolute atomic E-state index is 14.9. The third-order valence-corrected chi connectivity index (χ3v) is 6.20. The molecule has 1 unspecified atom stereocenters. The van der Waals surface area contributed by atoms with Gasteiger partial charge in [-0.2, -0.15) is 0 Å². The molecule has 0 radical (unpaired) electrons. The normalized spacial score (nSPS) is 19.8. The van der Waals surface area contributed by atoms with Gasteiger partial charge in [-0.15, -0.1) is 12.4 Å². The number of likely N-dealkylation sites (N-methyl/N-ethyl adjacent to an activating group) is 1. The number of aliphatic carboxylic acids is 2.